The quantitative estimate of drug-likeness (QED) is 0.500. The normalized spacial score (nSPS) is 11.1. The van der Waals surface area contributed by atoms with Gasteiger partial charge >= 0.3 is 0 Å². The molecule has 8 nitrogen and oxygen atoms in total. The van der Waals surface area contributed by atoms with E-state index in [1.54, 1.807) is 43.3 Å². The molecule has 0 heterocycles. The molecule has 0 unspecified atom stereocenters. The summed E-state index contributed by atoms with van der Waals surface area (Å²) in [6.45, 7) is 4.82. The van der Waals surface area contributed by atoms with Gasteiger partial charge in [0, 0.05) is 25.8 Å². The van der Waals surface area contributed by atoms with Crippen molar-refractivity contribution in [1.29, 1.82) is 0 Å². The fourth-order valence-electron chi connectivity index (χ4n) is 2.92. The first-order valence-electron chi connectivity index (χ1n) is 9.99. The predicted molar refractivity (Wildman–Crippen MR) is 119 cm³/mol. The van der Waals surface area contributed by atoms with E-state index in [1.165, 1.54) is 20.3 Å². The van der Waals surface area contributed by atoms with Gasteiger partial charge in [0.15, 0.2) is 0 Å². The molecule has 0 spiro atoms. The molecule has 0 fully saturated rings. The van der Waals surface area contributed by atoms with Gasteiger partial charge in [-0.05, 0) is 50.1 Å². The van der Waals surface area contributed by atoms with Gasteiger partial charge in [-0.25, -0.2) is 8.42 Å². The number of methoxy groups -OCH3 is 2. The maximum atomic E-state index is 13.6. The first-order valence-corrected chi connectivity index (χ1v) is 11.4. The van der Waals surface area contributed by atoms with Crippen molar-refractivity contribution in [3.05, 3.63) is 48.0 Å². The van der Waals surface area contributed by atoms with E-state index in [1.807, 2.05) is 6.92 Å². The summed E-state index contributed by atoms with van der Waals surface area (Å²) >= 11 is 0. The van der Waals surface area contributed by atoms with Gasteiger partial charge in [0.1, 0.15) is 22.9 Å². The summed E-state index contributed by atoms with van der Waals surface area (Å²) in [4.78, 5) is 12.6. The second kappa shape index (κ2) is 11.6. The van der Waals surface area contributed by atoms with Crippen LogP contribution in [0.3, 0.4) is 0 Å². The van der Waals surface area contributed by atoms with Gasteiger partial charge in [0.05, 0.1) is 19.9 Å². The molecule has 1 amide bonds. The number of sulfonamides is 1. The van der Waals surface area contributed by atoms with Gasteiger partial charge < -0.3 is 19.5 Å². The molecule has 31 heavy (non-hydrogen) atoms. The molecule has 0 aliphatic rings. The minimum absolute atomic E-state index is 0.0121. The first kappa shape index (κ1) is 24.5. The van der Waals surface area contributed by atoms with Gasteiger partial charge in [0.2, 0.25) is 5.91 Å². The number of carbonyl (C=O) groups excluding carboxylic acids is 1. The summed E-state index contributed by atoms with van der Waals surface area (Å²) in [5.74, 6) is 0.260. The van der Waals surface area contributed by atoms with Crippen molar-refractivity contribution >= 4 is 21.6 Å². The summed E-state index contributed by atoms with van der Waals surface area (Å²) in [7, 11) is -1.21. The van der Waals surface area contributed by atoms with Crippen molar-refractivity contribution in [2.24, 2.45) is 0 Å². The van der Waals surface area contributed by atoms with Crippen molar-refractivity contribution in [2.75, 3.05) is 44.8 Å². The van der Waals surface area contributed by atoms with Gasteiger partial charge in [-0.3, -0.25) is 9.10 Å². The number of amides is 1. The number of aryl methyl sites for hydroxylation is 1. The molecule has 0 atom stereocenters. The van der Waals surface area contributed by atoms with E-state index >= 15 is 0 Å². The summed E-state index contributed by atoms with van der Waals surface area (Å²) < 4.78 is 44.1. The fourth-order valence-corrected chi connectivity index (χ4v) is 4.57. The van der Waals surface area contributed by atoms with Crippen molar-refractivity contribution in [2.45, 2.75) is 25.2 Å². The van der Waals surface area contributed by atoms with Crippen LogP contribution in [0.25, 0.3) is 0 Å². The molecule has 2 aromatic rings. The minimum Gasteiger partial charge on any atom is -0.497 e. The Kier molecular flexibility index (Phi) is 9.14. The SMILES string of the molecule is CCOCCCNC(=O)CN(c1cccc(OC)c1)S(=O)(=O)c1cc(C)ccc1OC. The molecule has 0 saturated heterocycles. The Morgan fingerprint density at radius 2 is 1.87 bits per heavy atom. The number of hydrogen-bond acceptors (Lipinski definition) is 6. The predicted octanol–water partition coefficient (Wildman–Crippen LogP) is 2.75. The third-order valence-corrected chi connectivity index (χ3v) is 6.30. The molecular weight excluding hydrogens is 420 g/mol. The van der Waals surface area contributed by atoms with Crippen LogP contribution in [-0.2, 0) is 19.6 Å². The zero-order valence-electron chi connectivity index (χ0n) is 18.4. The summed E-state index contributed by atoms with van der Waals surface area (Å²) in [5, 5.41) is 2.75. The number of anilines is 1. The van der Waals surface area contributed by atoms with Crippen molar-refractivity contribution in [1.82, 2.24) is 5.32 Å². The summed E-state index contributed by atoms with van der Waals surface area (Å²) in [6.07, 6.45) is 0.636. The lowest BCUT2D eigenvalue weighted by molar-refractivity contribution is -0.119. The van der Waals surface area contributed by atoms with Crippen LogP contribution < -0.4 is 19.1 Å². The molecule has 0 saturated carbocycles. The summed E-state index contributed by atoms with van der Waals surface area (Å²) in [6, 6.07) is 11.5. The Labute approximate surface area is 184 Å². The molecule has 0 aliphatic heterocycles. The number of carbonyl (C=O) groups is 1. The molecule has 0 bridgehead atoms. The van der Waals surface area contributed by atoms with Crippen LogP contribution in [0.15, 0.2) is 47.4 Å². The average molecular weight is 451 g/mol. The maximum Gasteiger partial charge on any atom is 0.268 e. The Balaban J connectivity index is 2.38. The largest absolute Gasteiger partial charge is 0.497 e. The fraction of sp³-hybridized carbons (Fsp3) is 0.409. The molecule has 2 aromatic carbocycles. The van der Waals surface area contributed by atoms with Crippen LogP contribution in [0, 0.1) is 6.92 Å². The van der Waals surface area contributed by atoms with Gasteiger partial charge in [-0.1, -0.05) is 12.1 Å². The van der Waals surface area contributed by atoms with Crippen molar-refractivity contribution < 1.29 is 27.4 Å². The topological polar surface area (TPSA) is 94.2 Å². The second-order valence-electron chi connectivity index (χ2n) is 6.77. The van der Waals surface area contributed by atoms with Crippen LogP contribution in [0.2, 0.25) is 0 Å². The smallest absolute Gasteiger partial charge is 0.268 e. The van der Waals surface area contributed by atoms with Crippen LogP contribution in [0.4, 0.5) is 5.69 Å². The van der Waals surface area contributed by atoms with Crippen molar-refractivity contribution in [3.63, 3.8) is 0 Å². The van der Waals surface area contributed by atoms with Crippen LogP contribution >= 0.6 is 0 Å². The minimum atomic E-state index is -4.11. The zero-order valence-corrected chi connectivity index (χ0v) is 19.2. The highest BCUT2D eigenvalue weighted by Gasteiger charge is 2.30. The van der Waals surface area contributed by atoms with E-state index in [9.17, 15) is 13.2 Å². The highest BCUT2D eigenvalue weighted by molar-refractivity contribution is 7.93. The lowest BCUT2D eigenvalue weighted by Gasteiger charge is -2.25. The third kappa shape index (κ3) is 6.60. The highest BCUT2D eigenvalue weighted by atomic mass is 32.2. The van der Waals surface area contributed by atoms with Crippen LogP contribution in [-0.4, -0.2) is 54.8 Å². The Bertz CT molecular complexity index is 978. The summed E-state index contributed by atoms with van der Waals surface area (Å²) in [5.41, 5.74) is 1.07. The number of rotatable bonds is 12. The Morgan fingerprint density at radius 3 is 2.55 bits per heavy atom. The molecule has 0 aliphatic carbocycles. The molecule has 0 radical (unpaired) electrons. The van der Waals surface area contributed by atoms with E-state index in [4.69, 9.17) is 14.2 Å². The maximum absolute atomic E-state index is 13.6. The lowest BCUT2D eigenvalue weighted by atomic mass is 10.2. The van der Waals surface area contributed by atoms with Crippen LogP contribution in [0.1, 0.15) is 18.9 Å². The molecule has 9 heteroatoms. The lowest BCUT2D eigenvalue weighted by Crippen LogP contribution is -2.41. The average Bonchev–Trinajstić information content (AvgIpc) is 2.77. The van der Waals surface area contributed by atoms with Gasteiger partial charge in [-0.2, -0.15) is 0 Å². The third-order valence-electron chi connectivity index (χ3n) is 4.51. The van der Waals surface area contributed by atoms with Crippen LogP contribution in [0.5, 0.6) is 11.5 Å². The molecule has 2 rings (SSSR count). The Hall–Kier alpha value is -2.78. The van der Waals surface area contributed by atoms with Gasteiger partial charge in [0.25, 0.3) is 10.0 Å². The highest BCUT2D eigenvalue weighted by Crippen LogP contribution is 2.32. The number of nitrogens with zero attached hydrogens (tertiary/aromatic N) is 1. The van der Waals surface area contributed by atoms with Gasteiger partial charge in [-0.15, -0.1) is 0 Å². The first-order chi connectivity index (χ1) is 14.8. The van der Waals surface area contributed by atoms with E-state index in [0.717, 1.165) is 9.87 Å². The standard InChI is InChI=1S/C22H30N2O6S/c1-5-30-13-7-12-23-22(25)16-24(18-8-6-9-19(15-18)28-3)31(26,27)21-14-17(2)10-11-20(21)29-4/h6,8-11,14-15H,5,7,12-13,16H2,1-4H3,(H,23,25). The molecule has 170 valence electrons. The Morgan fingerprint density at radius 1 is 1.10 bits per heavy atom. The molecular formula is C22H30N2O6S. The monoisotopic (exact) mass is 450 g/mol. The van der Waals surface area contributed by atoms with E-state index in [0.29, 0.717) is 37.6 Å². The van der Waals surface area contributed by atoms with E-state index in [-0.39, 0.29) is 17.2 Å². The number of benzene rings is 2. The second-order valence-corrected chi connectivity index (χ2v) is 8.60. The zero-order chi connectivity index (χ0) is 22.9. The van der Waals surface area contributed by atoms with E-state index < -0.39 is 15.9 Å². The number of ether oxygens (including phenoxy) is 3. The molecule has 0 aromatic heterocycles. The number of nitrogens with one attached hydrogen (secondary N) is 1. The number of hydrogen-bond donors (Lipinski definition) is 1. The van der Waals surface area contributed by atoms with E-state index in [2.05, 4.69) is 5.32 Å². The molecule has 1 N–H and O–H groups in total. The van der Waals surface area contributed by atoms with Crippen molar-refractivity contribution in [3.8, 4) is 11.5 Å².